The number of amides is 2. The summed E-state index contributed by atoms with van der Waals surface area (Å²) >= 11 is 0. The Hall–Kier alpha value is -3.02. The van der Waals surface area contributed by atoms with Crippen LogP contribution in [0.2, 0.25) is 0 Å². The van der Waals surface area contributed by atoms with Crippen LogP contribution in [-0.4, -0.2) is 36.0 Å². The highest BCUT2D eigenvalue weighted by Crippen LogP contribution is 2.31. The highest BCUT2D eigenvalue weighted by Gasteiger charge is 2.31. The SMILES string of the molecule is NC(=O)CCN(Cc1ccccc1)C(=O)C1COc2ccccc2O1. The Morgan fingerprint density at radius 2 is 1.72 bits per heavy atom. The van der Waals surface area contributed by atoms with E-state index in [1.165, 1.54) is 0 Å². The molecule has 0 aromatic heterocycles. The largest absolute Gasteiger partial charge is 0.485 e. The monoisotopic (exact) mass is 340 g/mol. The number of benzene rings is 2. The van der Waals surface area contributed by atoms with Gasteiger partial charge in [0.05, 0.1) is 0 Å². The molecule has 0 saturated heterocycles. The van der Waals surface area contributed by atoms with Crippen LogP contribution in [0.1, 0.15) is 12.0 Å². The molecule has 0 fully saturated rings. The highest BCUT2D eigenvalue weighted by atomic mass is 16.6. The number of carbonyl (C=O) groups is 2. The molecule has 3 rings (SSSR count). The van der Waals surface area contributed by atoms with E-state index in [1.807, 2.05) is 42.5 Å². The molecule has 1 aliphatic heterocycles. The van der Waals surface area contributed by atoms with Crippen molar-refractivity contribution >= 4 is 11.8 Å². The lowest BCUT2D eigenvalue weighted by molar-refractivity contribution is -0.142. The minimum absolute atomic E-state index is 0.0999. The van der Waals surface area contributed by atoms with Gasteiger partial charge < -0.3 is 20.1 Å². The maximum atomic E-state index is 12.9. The molecule has 130 valence electrons. The molecule has 2 N–H and O–H groups in total. The van der Waals surface area contributed by atoms with Crippen LogP contribution in [0.4, 0.5) is 0 Å². The summed E-state index contributed by atoms with van der Waals surface area (Å²) in [6, 6.07) is 16.8. The molecular weight excluding hydrogens is 320 g/mol. The van der Waals surface area contributed by atoms with E-state index >= 15 is 0 Å². The Morgan fingerprint density at radius 3 is 2.44 bits per heavy atom. The number of hydrogen-bond donors (Lipinski definition) is 1. The quantitative estimate of drug-likeness (QED) is 0.868. The first-order chi connectivity index (χ1) is 12.1. The van der Waals surface area contributed by atoms with Gasteiger partial charge in [-0.3, -0.25) is 9.59 Å². The van der Waals surface area contributed by atoms with Crippen LogP contribution in [0, 0.1) is 0 Å². The second-order valence-electron chi connectivity index (χ2n) is 5.83. The zero-order chi connectivity index (χ0) is 17.6. The third-order valence-corrected chi connectivity index (χ3v) is 3.94. The normalized spacial score (nSPS) is 15.4. The Bertz CT molecular complexity index is 748. The van der Waals surface area contributed by atoms with Gasteiger partial charge in [-0.1, -0.05) is 42.5 Å². The van der Waals surface area contributed by atoms with Crippen LogP contribution in [0.5, 0.6) is 11.5 Å². The summed E-state index contributed by atoms with van der Waals surface area (Å²) in [5.41, 5.74) is 6.21. The number of primary amides is 1. The van der Waals surface area contributed by atoms with Crippen molar-refractivity contribution in [2.24, 2.45) is 5.73 Å². The minimum atomic E-state index is -0.744. The summed E-state index contributed by atoms with van der Waals surface area (Å²) in [6.45, 7) is 0.761. The van der Waals surface area contributed by atoms with Crippen LogP contribution >= 0.6 is 0 Å². The number of carbonyl (C=O) groups excluding carboxylic acids is 2. The summed E-state index contributed by atoms with van der Waals surface area (Å²) in [6.07, 6.45) is -0.644. The van der Waals surface area contributed by atoms with Crippen molar-refractivity contribution in [1.82, 2.24) is 4.90 Å². The maximum Gasteiger partial charge on any atom is 0.267 e. The second-order valence-corrected chi connectivity index (χ2v) is 5.83. The second kappa shape index (κ2) is 7.70. The number of nitrogens with two attached hydrogens (primary N) is 1. The average molecular weight is 340 g/mol. The van der Waals surface area contributed by atoms with Gasteiger partial charge >= 0.3 is 0 Å². The fourth-order valence-electron chi connectivity index (χ4n) is 2.66. The third-order valence-electron chi connectivity index (χ3n) is 3.94. The molecule has 0 bridgehead atoms. The van der Waals surface area contributed by atoms with Gasteiger partial charge in [-0.25, -0.2) is 0 Å². The van der Waals surface area contributed by atoms with Gasteiger partial charge in [0.1, 0.15) is 6.61 Å². The molecule has 0 spiro atoms. The van der Waals surface area contributed by atoms with Gasteiger partial charge in [0.2, 0.25) is 12.0 Å². The van der Waals surface area contributed by atoms with E-state index in [9.17, 15) is 9.59 Å². The molecular formula is C19H20N2O4. The van der Waals surface area contributed by atoms with Crippen molar-refractivity contribution in [2.45, 2.75) is 19.1 Å². The lowest BCUT2D eigenvalue weighted by atomic mass is 10.2. The number of hydrogen-bond acceptors (Lipinski definition) is 4. The summed E-state index contributed by atoms with van der Waals surface area (Å²) in [5.74, 6) is 0.497. The van der Waals surface area contributed by atoms with E-state index < -0.39 is 12.0 Å². The third kappa shape index (κ3) is 4.29. The first kappa shape index (κ1) is 16.8. The fraction of sp³-hybridized carbons (Fsp3) is 0.263. The fourth-order valence-corrected chi connectivity index (χ4v) is 2.66. The summed E-state index contributed by atoms with van der Waals surface area (Å²) in [4.78, 5) is 25.6. The Balaban J connectivity index is 1.73. The molecule has 0 saturated carbocycles. The summed E-state index contributed by atoms with van der Waals surface area (Å²) in [5, 5.41) is 0. The van der Waals surface area contributed by atoms with Crippen LogP contribution < -0.4 is 15.2 Å². The van der Waals surface area contributed by atoms with Crippen molar-refractivity contribution < 1.29 is 19.1 Å². The minimum Gasteiger partial charge on any atom is -0.485 e. The van der Waals surface area contributed by atoms with Crippen molar-refractivity contribution in [1.29, 1.82) is 0 Å². The average Bonchev–Trinajstić information content (AvgIpc) is 2.65. The van der Waals surface area contributed by atoms with Crippen molar-refractivity contribution in [3.63, 3.8) is 0 Å². The summed E-state index contributed by atoms with van der Waals surface area (Å²) < 4.78 is 11.4. The van der Waals surface area contributed by atoms with Crippen LogP contribution in [0.3, 0.4) is 0 Å². The van der Waals surface area contributed by atoms with Gasteiger partial charge in [0.15, 0.2) is 11.5 Å². The van der Waals surface area contributed by atoms with Crippen molar-refractivity contribution in [3.05, 3.63) is 60.2 Å². The van der Waals surface area contributed by atoms with Crippen molar-refractivity contribution in [3.8, 4) is 11.5 Å². The van der Waals surface area contributed by atoms with Crippen molar-refractivity contribution in [2.75, 3.05) is 13.2 Å². The van der Waals surface area contributed by atoms with Crippen LogP contribution in [-0.2, 0) is 16.1 Å². The Kier molecular flexibility index (Phi) is 5.18. The molecule has 2 aromatic carbocycles. The zero-order valence-electron chi connectivity index (χ0n) is 13.8. The standard InChI is InChI=1S/C19H20N2O4/c20-18(22)10-11-21(12-14-6-2-1-3-7-14)19(23)17-13-24-15-8-4-5-9-16(15)25-17/h1-9,17H,10-13H2,(H2,20,22). The molecule has 1 aliphatic rings. The smallest absolute Gasteiger partial charge is 0.267 e. The molecule has 1 unspecified atom stereocenters. The molecule has 2 amide bonds. The first-order valence-corrected chi connectivity index (χ1v) is 8.13. The van der Waals surface area contributed by atoms with E-state index in [0.29, 0.717) is 18.0 Å². The summed E-state index contributed by atoms with van der Waals surface area (Å²) in [7, 11) is 0. The maximum absolute atomic E-state index is 12.9. The number of ether oxygens (including phenoxy) is 2. The highest BCUT2D eigenvalue weighted by molar-refractivity contribution is 5.82. The topological polar surface area (TPSA) is 81.9 Å². The number of fused-ring (bicyclic) bond motifs is 1. The van der Waals surface area contributed by atoms with E-state index in [-0.39, 0.29) is 25.5 Å². The van der Waals surface area contributed by atoms with E-state index in [1.54, 1.807) is 17.0 Å². The predicted molar refractivity (Wildman–Crippen MR) is 92.0 cm³/mol. The van der Waals surface area contributed by atoms with Gasteiger partial charge in [-0.15, -0.1) is 0 Å². The number of rotatable bonds is 6. The molecule has 6 heteroatoms. The van der Waals surface area contributed by atoms with E-state index in [2.05, 4.69) is 0 Å². The van der Waals surface area contributed by atoms with Gasteiger partial charge in [0, 0.05) is 19.5 Å². The molecule has 25 heavy (non-hydrogen) atoms. The zero-order valence-corrected chi connectivity index (χ0v) is 13.8. The molecule has 0 radical (unpaired) electrons. The van der Waals surface area contributed by atoms with E-state index in [4.69, 9.17) is 15.2 Å². The van der Waals surface area contributed by atoms with Crippen LogP contribution in [0.15, 0.2) is 54.6 Å². The van der Waals surface area contributed by atoms with Gasteiger partial charge in [-0.2, -0.15) is 0 Å². The Labute approximate surface area is 146 Å². The molecule has 6 nitrogen and oxygen atoms in total. The molecule has 0 aliphatic carbocycles. The number of nitrogens with zero attached hydrogens (tertiary/aromatic N) is 1. The van der Waals surface area contributed by atoms with Crippen LogP contribution in [0.25, 0.3) is 0 Å². The first-order valence-electron chi connectivity index (χ1n) is 8.13. The molecule has 2 aromatic rings. The lowest BCUT2D eigenvalue weighted by Gasteiger charge is -2.30. The predicted octanol–water partition coefficient (Wildman–Crippen LogP) is 1.73. The molecule has 1 atom stereocenters. The Morgan fingerprint density at radius 1 is 1.04 bits per heavy atom. The van der Waals surface area contributed by atoms with Gasteiger partial charge in [-0.05, 0) is 17.7 Å². The molecule has 1 heterocycles. The van der Waals surface area contributed by atoms with E-state index in [0.717, 1.165) is 5.56 Å². The number of para-hydroxylation sites is 2. The lowest BCUT2D eigenvalue weighted by Crippen LogP contribution is -2.46. The van der Waals surface area contributed by atoms with Gasteiger partial charge in [0.25, 0.3) is 5.91 Å².